The molecule has 0 radical (unpaired) electrons. The van der Waals surface area contributed by atoms with Gasteiger partial charge >= 0.3 is 0 Å². The van der Waals surface area contributed by atoms with E-state index in [1.54, 1.807) is 18.2 Å². The zero-order chi connectivity index (χ0) is 20.2. The third-order valence-corrected chi connectivity index (χ3v) is 5.15. The summed E-state index contributed by atoms with van der Waals surface area (Å²) >= 11 is 0. The second kappa shape index (κ2) is 8.27. The second-order valence-electron chi connectivity index (χ2n) is 7.17. The van der Waals surface area contributed by atoms with Crippen molar-refractivity contribution in [1.82, 2.24) is 0 Å². The van der Waals surface area contributed by atoms with Crippen LogP contribution in [0.5, 0.6) is 0 Å². The van der Waals surface area contributed by atoms with Gasteiger partial charge in [-0.1, -0.05) is 60.7 Å². The predicted molar refractivity (Wildman–Crippen MR) is 111 cm³/mol. The summed E-state index contributed by atoms with van der Waals surface area (Å²) < 4.78 is 14.1. The van der Waals surface area contributed by atoms with Gasteiger partial charge in [0, 0.05) is 18.7 Å². The molecule has 146 valence electrons. The van der Waals surface area contributed by atoms with E-state index in [1.165, 1.54) is 11.0 Å². The van der Waals surface area contributed by atoms with Crippen LogP contribution in [0.25, 0.3) is 0 Å². The molecule has 3 aromatic carbocycles. The molecule has 2 amide bonds. The number of hydrogen-bond acceptors (Lipinski definition) is 2. The molecule has 1 unspecified atom stereocenters. The molecule has 1 saturated heterocycles. The SMILES string of the molecule is O=C(Nc1ccccc1Cc1ccccc1)C1CC(=O)N(c2ccccc2F)C1. The van der Waals surface area contributed by atoms with Crippen molar-refractivity contribution in [2.45, 2.75) is 12.8 Å². The summed E-state index contributed by atoms with van der Waals surface area (Å²) in [5.41, 5.74) is 3.11. The Bertz CT molecular complexity index is 1040. The summed E-state index contributed by atoms with van der Waals surface area (Å²) in [6.45, 7) is 0.173. The number of amides is 2. The van der Waals surface area contributed by atoms with Crippen molar-refractivity contribution >= 4 is 23.2 Å². The molecule has 0 saturated carbocycles. The van der Waals surface area contributed by atoms with Gasteiger partial charge in [-0.2, -0.15) is 0 Å². The smallest absolute Gasteiger partial charge is 0.229 e. The first-order valence-corrected chi connectivity index (χ1v) is 9.59. The second-order valence-corrected chi connectivity index (χ2v) is 7.17. The van der Waals surface area contributed by atoms with Crippen LogP contribution in [0.1, 0.15) is 17.5 Å². The molecule has 29 heavy (non-hydrogen) atoms. The number of benzene rings is 3. The molecule has 0 spiro atoms. The number of halogens is 1. The van der Waals surface area contributed by atoms with Crippen LogP contribution in [-0.4, -0.2) is 18.4 Å². The Labute approximate surface area is 169 Å². The van der Waals surface area contributed by atoms with Gasteiger partial charge in [-0.15, -0.1) is 0 Å². The molecule has 1 atom stereocenters. The minimum Gasteiger partial charge on any atom is -0.326 e. The third-order valence-electron chi connectivity index (χ3n) is 5.15. The fourth-order valence-electron chi connectivity index (χ4n) is 3.63. The molecule has 0 bridgehead atoms. The number of carbonyl (C=O) groups excluding carboxylic acids is 2. The number of rotatable bonds is 5. The molecule has 1 fully saturated rings. The molecule has 5 heteroatoms. The summed E-state index contributed by atoms with van der Waals surface area (Å²) in [6.07, 6.45) is 0.767. The Morgan fingerprint density at radius 2 is 1.66 bits per heavy atom. The lowest BCUT2D eigenvalue weighted by Gasteiger charge is -2.18. The highest BCUT2D eigenvalue weighted by atomic mass is 19.1. The van der Waals surface area contributed by atoms with Gasteiger partial charge in [0.15, 0.2) is 0 Å². The molecule has 1 aliphatic rings. The van der Waals surface area contributed by atoms with Crippen LogP contribution in [0.4, 0.5) is 15.8 Å². The van der Waals surface area contributed by atoms with Crippen molar-refractivity contribution < 1.29 is 14.0 Å². The zero-order valence-corrected chi connectivity index (χ0v) is 15.8. The molecule has 4 rings (SSSR count). The van der Waals surface area contributed by atoms with Gasteiger partial charge in [0.1, 0.15) is 5.82 Å². The largest absolute Gasteiger partial charge is 0.326 e. The van der Waals surface area contributed by atoms with Crippen LogP contribution in [-0.2, 0) is 16.0 Å². The quantitative estimate of drug-likeness (QED) is 0.704. The third kappa shape index (κ3) is 4.19. The topological polar surface area (TPSA) is 49.4 Å². The number of nitrogens with one attached hydrogen (secondary N) is 1. The summed E-state index contributed by atoms with van der Waals surface area (Å²) in [5, 5.41) is 2.97. The average molecular weight is 388 g/mol. The van der Waals surface area contributed by atoms with Crippen LogP contribution in [0.3, 0.4) is 0 Å². The minimum atomic E-state index is -0.521. The fourth-order valence-corrected chi connectivity index (χ4v) is 3.63. The van der Waals surface area contributed by atoms with Crippen molar-refractivity contribution in [1.29, 1.82) is 0 Å². The molecule has 0 aliphatic carbocycles. The normalized spacial score (nSPS) is 16.1. The standard InChI is InChI=1S/C24H21FN2O2/c25-20-11-5-7-13-22(20)27-16-19(15-23(27)28)24(29)26-21-12-6-4-10-18(21)14-17-8-2-1-3-9-17/h1-13,19H,14-16H2,(H,26,29). The number of hydrogen-bond donors (Lipinski definition) is 1. The monoisotopic (exact) mass is 388 g/mol. The van der Waals surface area contributed by atoms with Crippen molar-refractivity contribution in [2.24, 2.45) is 5.92 Å². The zero-order valence-electron chi connectivity index (χ0n) is 15.8. The fraction of sp³-hybridized carbons (Fsp3) is 0.167. The molecule has 1 heterocycles. The lowest BCUT2D eigenvalue weighted by atomic mass is 10.0. The van der Waals surface area contributed by atoms with Crippen molar-refractivity contribution in [3.05, 3.63) is 95.8 Å². The van der Waals surface area contributed by atoms with Crippen molar-refractivity contribution in [2.75, 3.05) is 16.8 Å². The number of carbonyl (C=O) groups is 2. The molecular weight excluding hydrogens is 367 g/mol. The summed E-state index contributed by atoms with van der Waals surface area (Å²) in [4.78, 5) is 26.6. The molecular formula is C24H21FN2O2. The van der Waals surface area contributed by atoms with E-state index in [0.29, 0.717) is 6.42 Å². The van der Waals surface area contributed by atoms with Gasteiger partial charge in [-0.25, -0.2) is 4.39 Å². The van der Waals surface area contributed by atoms with E-state index in [-0.39, 0.29) is 30.5 Å². The van der Waals surface area contributed by atoms with Crippen LogP contribution in [0.15, 0.2) is 78.9 Å². The van der Waals surface area contributed by atoms with E-state index in [1.807, 2.05) is 54.6 Å². The predicted octanol–water partition coefficient (Wildman–Crippen LogP) is 4.41. The van der Waals surface area contributed by atoms with E-state index in [2.05, 4.69) is 5.32 Å². The van der Waals surface area contributed by atoms with Gasteiger partial charge in [0.2, 0.25) is 11.8 Å². The van der Waals surface area contributed by atoms with Crippen molar-refractivity contribution in [3.63, 3.8) is 0 Å². The molecule has 3 aromatic rings. The maximum absolute atomic E-state index is 14.1. The summed E-state index contributed by atoms with van der Waals surface area (Å²) in [5.74, 6) is -1.45. The van der Waals surface area contributed by atoms with E-state index in [4.69, 9.17) is 0 Å². The van der Waals surface area contributed by atoms with Crippen LogP contribution in [0, 0.1) is 11.7 Å². The summed E-state index contributed by atoms with van der Waals surface area (Å²) in [7, 11) is 0. The minimum absolute atomic E-state index is 0.0705. The first kappa shape index (κ1) is 18.9. The maximum atomic E-state index is 14.1. The Hall–Kier alpha value is -3.47. The molecule has 1 aliphatic heterocycles. The molecule has 0 aromatic heterocycles. The highest BCUT2D eigenvalue weighted by molar-refractivity contribution is 6.03. The van der Waals surface area contributed by atoms with Gasteiger partial charge in [0.25, 0.3) is 0 Å². The lowest BCUT2D eigenvalue weighted by Crippen LogP contribution is -2.28. The Balaban J connectivity index is 1.48. The number of nitrogens with zero attached hydrogens (tertiary/aromatic N) is 1. The average Bonchev–Trinajstić information content (AvgIpc) is 3.12. The van der Waals surface area contributed by atoms with Crippen molar-refractivity contribution in [3.8, 4) is 0 Å². The maximum Gasteiger partial charge on any atom is 0.229 e. The van der Waals surface area contributed by atoms with Gasteiger partial charge < -0.3 is 10.2 Å². The van der Waals surface area contributed by atoms with Gasteiger partial charge in [-0.05, 0) is 35.7 Å². The van der Waals surface area contributed by atoms with E-state index >= 15 is 0 Å². The highest BCUT2D eigenvalue weighted by Gasteiger charge is 2.36. The Kier molecular flexibility index (Phi) is 5.38. The molecule has 1 N–H and O–H groups in total. The van der Waals surface area contributed by atoms with Gasteiger partial charge in [-0.3, -0.25) is 9.59 Å². The van der Waals surface area contributed by atoms with Crippen LogP contribution >= 0.6 is 0 Å². The van der Waals surface area contributed by atoms with E-state index in [0.717, 1.165) is 16.8 Å². The Morgan fingerprint density at radius 3 is 2.45 bits per heavy atom. The Morgan fingerprint density at radius 1 is 0.966 bits per heavy atom. The first-order chi connectivity index (χ1) is 14.1. The highest BCUT2D eigenvalue weighted by Crippen LogP contribution is 2.28. The van der Waals surface area contributed by atoms with Crippen LogP contribution < -0.4 is 10.2 Å². The molecule has 4 nitrogen and oxygen atoms in total. The first-order valence-electron chi connectivity index (χ1n) is 9.59. The van der Waals surface area contributed by atoms with E-state index < -0.39 is 11.7 Å². The number of para-hydroxylation sites is 2. The summed E-state index contributed by atoms with van der Waals surface area (Å²) in [6, 6.07) is 23.8. The van der Waals surface area contributed by atoms with E-state index in [9.17, 15) is 14.0 Å². The van der Waals surface area contributed by atoms with Gasteiger partial charge in [0.05, 0.1) is 11.6 Å². The lowest BCUT2D eigenvalue weighted by molar-refractivity contribution is -0.122. The van der Waals surface area contributed by atoms with Crippen LogP contribution in [0.2, 0.25) is 0 Å². The number of anilines is 2.